The minimum atomic E-state index is -1.09. The Morgan fingerprint density at radius 3 is 2.07 bits per heavy atom. The van der Waals surface area contributed by atoms with Crippen LogP contribution in [0.2, 0.25) is 0 Å². The summed E-state index contributed by atoms with van der Waals surface area (Å²) < 4.78 is 38.4. The van der Waals surface area contributed by atoms with Gasteiger partial charge in [0.25, 0.3) is 0 Å². The first-order valence-corrected chi connectivity index (χ1v) is 14.0. The fourth-order valence-electron chi connectivity index (χ4n) is 7.07. The highest BCUT2D eigenvalue weighted by molar-refractivity contribution is 5.91. The Kier molecular flexibility index (Phi) is 8.70. The third kappa shape index (κ3) is 5.20. The molecule has 1 saturated carbocycles. The smallest absolute Gasteiger partial charge is 0.338 e. The lowest BCUT2D eigenvalue weighted by atomic mass is 9.63. The molecule has 11 heteroatoms. The molecule has 2 heterocycles. The van der Waals surface area contributed by atoms with Crippen molar-refractivity contribution in [2.24, 2.45) is 17.8 Å². The van der Waals surface area contributed by atoms with E-state index in [1.54, 1.807) is 14.2 Å². The lowest BCUT2D eigenvalue weighted by Gasteiger charge is -2.52. The van der Waals surface area contributed by atoms with E-state index in [1.165, 1.54) is 46.1 Å². The number of esters is 2. The molecule has 0 spiro atoms. The molecule has 0 radical (unpaired) electrons. The maximum absolute atomic E-state index is 13.5. The number of aliphatic hydroxyl groups excluding tert-OH is 1. The molecule has 5 rings (SSSR count). The summed E-state index contributed by atoms with van der Waals surface area (Å²) >= 11 is 0. The summed E-state index contributed by atoms with van der Waals surface area (Å²) in [6.07, 6.45) is -0.239. The summed E-state index contributed by atoms with van der Waals surface area (Å²) in [5, 5.41) is 11.3. The Morgan fingerprint density at radius 2 is 1.48 bits per heavy atom. The van der Waals surface area contributed by atoms with Crippen LogP contribution in [0.25, 0.3) is 0 Å². The minimum Gasteiger partial charge on any atom is -0.493 e. The second-order valence-corrected chi connectivity index (χ2v) is 11.0. The zero-order valence-electron chi connectivity index (χ0n) is 24.9. The highest BCUT2D eigenvalue weighted by Gasteiger charge is 2.54. The second kappa shape index (κ2) is 12.3. The first kappa shape index (κ1) is 29.8. The van der Waals surface area contributed by atoms with Crippen LogP contribution in [0.3, 0.4) is 0 Å². The second-order valence-electron chi connectivity index (χ2n) is 11.0. The summed E-state index contributed by atoms with van der Waals surface area (Å²) in [5.41, 5.74) is 2.46. The Hall–Kier alpha value is -3.70. The minimum absolute atomic E-state index is 0.0261. The van der Waals surface area contributed by atoms with Crippen LogP contribution >= 0.6 is 0 Å². The molecule has 2 aromatic carbocycles. The highest BCUT2D eigenvalue weighted by Crippen LogP contribution is 2.51. The van der Waals surface area contributed by atoms with Crippen LogP contribution in [0.1, 0.15) is 40.4 Å². The van der Waals surface area contributed by atoms with Crippen molar-refractivity contribution in [1.29, 1.82) is 0 Å². The first-order chi connectivity index (χ1) is 20.3. The Morgan fingerprint density at radius 1 is 0.833 bits per heavy atom. The van der Waals surface area contributed by atoms with E-state index >= 15 is 0 Å². The number of aliphatic hydroxyl groups is 1. The van der Waals surface area contributed by atoms with Crippen molar-refractivity contribution in [2.45, 2.75) is 37.5 Å². The molecule has 1 N–H and O–H groups in total. The van der Waals surface area contributed by atoms with Gasteiger partial charge in [-0.05, 0) is 66.5 Å². The number of benzene rings is 2. The first-order valence-electron chi connectivity index (χ1n) is 14.0. The van der Waals surface area contributed by atoms with Gasteiger partial charge in [0.15, 0.2) is 23.0 Å². The maximum Gasteiger partial charge on any atom is 0.338 e. The van der Waals surface area contributed by atoms with Crippen molar-refractivity contribution in [3.8, 4) is 28.7 Å². The molecular weight excluding hydrogens is 546 g/mol. The van der Waals surface area contributed by atoms with Crippen molar-refractivity contribution in [3.63, 3.8) is 0 Å². The zero-order chi connectivity index (χ0) is 30.1. The molecule has 1 saturated heterocycles. The van der Waals surface area contributed by atoms with Crippen molar-refractivity contribution in [3.05, 3.63) is 41.0 Å². The molecule has 228 valence electrons. The molecule has 42 heavy (non-hydrogen) atoms. The van der Waals surface area contributed by atoms with Gasteiger partial charge < -0.3 is 38.3 Å². The van der Waals surface area contributed by atoms with Crippen molar-refractivity contribution < 1.29 is 47.9 Å². The van der Waals surface area contributed by atoms with E-state index in [0.717, 1.165) is 18.5 Å². The molecule has 0 unspecified atom stereocenters. The van der Waals surface area contributed by atoms with Crippen LogP contribution in [-0.2, 0) is 20.7 Å². The van der Waals surface area contributed by atoms with Gasteiger partial charge in [0.2, 0.25) is 5.75 Å². The van der Waals surface area contributed by atoms with Crippen molar-refractivity contribution in [2.75, 3.05) is 55.7 Å². The summed E-state index contributed by atoms with van der Waals surface area (Å²) in [6, 6.07) is 7.05. The van der Waals surface area contributed by atoms with Gasteiger partial charge in [0.05, 0.1) is 60.2 Å². The number of ether oxygens (including phenoxy) is 7. The van der Waals surface area contributed by atoms with E-state index in [0.29, 0.717) is 36.6 Å². The fraction of sp³-hybridized carbons (Fsp3) is 0.548. The van der Waals surface area contributed by atoms with E-state index < -0.39 is 30.1 Å². The molecule has 0 amide bonds. The zero-order valence-corrected chi connectivity index (χ0v) is 24.9. The Bertz CT molecular complexity index is 1300. The largest absolute Gasteiger partial charge is 0.493 e. The maximum atomic E-state index is 13.5. The van der Waals surface area contributed by atoms with Crippen LogP contribution in [-0.4, -0.2) is 89.9 Å². The molecule has 3 aliphatic rings. The van der Waals surface area contributed by atoms with Crippen LogP contribution in [0.4, 0.5) is 0 Å². The van der Waals surface area contributed by atoms with Gasteiger partial charge in [-0.3, -0.25) is 9.69 Å². The van der Waals surface area contributed by atoms with Crippen LogP contribution < -0.4 is 23.7 Å². The number of nitrogens with zero attached hydrogens (tertiary/aromatic N) is 1. The van der Waals surface area contributed by atoms with Gasteiger partial charge >= 0.3 is 11.9 Å². The quantitative estimate of drug-likeness (QED) is 0.460. The van der Waals surface area contributed by atoms with Gasteiger partial charge in [0.1, 0.15) is 6.10 Å². The van der Waals surface area contributed by atoms with E-state index in [2.05, 4.69) is 4.90 Å². The van der Waals surface area contributed by atoms with Gasteiger partial charge in [-0.25, -0.2) is 4.79 Å². The van der Waals surface area contributed by atoms with Gasteiger partial charge in [-0.2, -0.15) is 0 Å². The standard InChI is InChI=1S/C31H39NO10/c1-36-23-10-16-7-8-32-15-18-9-22(33)28(42-30(34)17-11-25(38-3)29(40-5)26(12-17)39-4)27(31(35)41-6)20(18)13-21(32)19(16)14-24(23)37-2/h10-12,14,18,20-22,27-28,33H,7-9,13,15H2,1-6H3/t18-,20+,21+,22-,27+,28-/m1/s1. The van der Waals surface area contributed by atoms with E-state index in [9.17, 15) is 14.7 Å². The number of hydrogen-bond donors (Lipinski definition) is 1. The third-order valence-corrected chi connectivity index (χ3v) is 9.04. The van der Waals surface area contributed by atoms with Crippen LogP contribution in [0, 0.1) is 17.8 Å². The molecule has 0 aromatic heterocycles. The number of methoxy groups -OCH3 is 6. The molecule has 0 bridgehead atoms. The normalized spacial score (nSPS) is 26.5. The van der Waals surface area contributed by atoms with Gasteiger partial charge in [-0.1, -0.05) is 0 Å². The molecule has 1 aliphatic carbocycles. The Labute approximate surface area is 245 Å². The third-order valence-electron chi connectivity index (χ3n) is 9.04. The number of fused-ring (bicyclic) bond motifs is 4. The topological polar surface area (TPSA) is 122 Å². The molecular formula is C31H39NO10. The van der Waals surface area contributed by atoms with Crippen LogP contribution in [0.5, 0.6) is 28.7 Å². The van der Waals surface area contributed by atoms with E-state index in [-0.39, 0.29) is 34.9 Å². The number of carbonyl (C=O) groups is 2. The highest BCUT2D eigenvalue weighted by atomic mass is 16.6. The average Bonchev–Trinajstić information content (AvgIpc) is 3.02. The number of hydrogen-bond acceptors (Lipinski definition) is 11. The molecule has 2 aliphatic heterocycles. The average molecular weight is 586 g/mol. The molecule has 2 fully saturated rings. The lowest BCUT2D eigenvalue weighted by Crippen LogP contribution is -2.58. The SMILES string of the molecule is COC(=O)[C@H]1[C@H]2C[C@H]3c4cc(OC)c(OC)cc4CCN3C[C@H]2C[C@@H](O)[C@H]1OC(=O)c1cc(OC)c(OC)c(OC)c1. The summed E-state index contributed by atoms with van der Waals surface area (Å²) in [6.45, 7) is 1.57. The van der Waals surface area contributed by atoms with E-state index in [4.69, 9.17) is 33.2 Å². The predicted molar refractivity (Wildman–Crippen MR) is 151 cm³/mol. The number of carbonyl (C=O) groups excluding carboxylic acids is 2. The van der Waals surface area contributed by atoms with Crippen molar-refractivity contribution >= 4 is 11.9 Å². The monoisotopic (exact) mass is 585 g/mol. The lowest BCUT2D eigenvalue weighted by molar-refractivity contribution is -0.172. The van der Waals surface area contributed by atoms with E-state index in [1.807, 2.05) is 12.1 Å². The summed E-state index contributed by atoms with van der Waals surface area (Å²) in [5.74, 6) is 0.0104. The van der Waals surface area contributed by atoms with Crippen molar-refractivity contribution in [1.82, 2.24) is 4.90 Å². The Balaban J connectivity index is 1.46. The van der Waals surface area contributed by atoms with Gasteiger partial charge in [-0.15, -0.1) is 0 Å². The summed E-state index contributed by atoms with van der Waals surface area (Å²) in [7, 11) is 8.93. The predicted octanol–water partition coefficient (Wildman–Crippen LogP) is 3.04. The number of rotatable bonds is 8. The molecule has 6 atom stereocenters. The van der Waals surface area contributed by atoms with Gasteiger partial charge in [0, 0.05) is 19.1 Å². The fourth-order valence-corrected chi connectivity index (χ4v) is 7.07. The summed E-state index contributed by atoms with van der Waals surface area (Å²) in [4.78, 5) is 29.2. The molecule has 11 nitrogen and oxygen atoms in total. The number of piperidine rings is 1. The molecule has 2 aromatic rings. The van der Waals surface area contributed by atoms with Crippen LogP contribution in [0.15, 0.2) is 24.3 Å².